The molecule has 1 aromatic heterocycles. The van der Waals surface area contributed by atoms with Crippen molar-refractivity contribution in [3.8, 4) is 0 Å². The Kier molecular flexibility index (Phi) is 6.12. The minimum absolute atomic E-state index is 0.179. The first-order valence-corrected chi connectivity index (χ1v) is 9.88. The van der Waals surface area contributed by atoms with Gasteiger partial charge in [0.05, 0.1) is 5.41 Å². The van der Waals surface area contributed by atoms with Crippen molar-refractivity contribution in [2.24, 2.45) is 5.41 Å². The van der Waals surface area contributed by atoms with Gasteiger partial charge in [0.2, 0.25) is 5.91 Å². The number of carbonyl (C=O) groups excluding carboxylic acids is 1. The highest BCUT2D eigenvalue weighted by atomic mass is 19.1. The van der Waals surface area contributed by atoms with E-state index in [1.807, 2.05) is 4.90 Å². The SMILES string of the molecule is CCC[C@H](CCCO)N1CCC2(CCN(c3ncccc3F)CC2)C1=O. The largest absolute Gasteiger partial charge is 0.396 e. The van der Waals surface area contributed by atoms with Gasteiger partial charge in [-0.05, 0) is 50.7 Å². The van der Waals surface area contributed by atoms with E-state index in [0.717, 1.165) is 51.5 Å². The van der Waals surface area contributed by atoms with E-state index in [1.54, 1.807) is 12.3 Å². The minimum Gasteiger partial charge on any atom is -0.396 e. The third kappa shape index (κ3) is 3.70. The Morgan fingerprint density at radius 2 is 2.00 bits per heavy atom. The lowest BCUT2D eigenvalue weighted by molar-refractivity contribution is -0.139. The Hall–Kier alpha value is -1.69. The maximum Gasteiger partial charge on any atom is 0.229 e. The average molecular weight is 363 g/mol. The summed E-state index contributed by atoms with van der Waals surface area (Å²) in [7, 11) is 0. The number of halogens is 1. The van der Waals surface area contributed by atoms with Crippen molar-refractivity contribution in [2.75, 3.05) is 31.1 Å². The quantitative estimate of drug-likeness (QED) is 0.809. The minimum atomic E-state index is -0.296. The predicted molar refractivity (Wildman–Crippen MR) is 99.4 cm³/mol. The summed E-state index contributed by atoms with van der Waals surface area (Å²) >= 11 is 0. The third-order valence-corrected chi connectivity index (χ3v) is 6.06. The van der Waals surface area contributed by atoms with Crippen LogP contribution in [0.2, 0.25) is 0 Å². The van der Waals surface area contributed by atoms with Gasteiger partial charge in [-0.1, -0.05) is 13.3 Å². The van der Waals surface area contributed by atoms with Gasteiger partial charge in [-0.25, -0.2) is 9.37 Å². The summed E-state index contributed by atoms with van der Waals surface area (Å²) in [5.74, 6) is 0.376. The number of amides is 1. The molecule has 0 unspecified atom stereocenters. The van der Waals surface area contributed by atoms with Crippen LogP contribution in [0.25, 0.3) is 0 Å². The standard InChI is InChI=1S/C20H30FN3O2/c1-2-5-16(6-4-15-25)24-14-10-20(19(24)26)8-12-23(13-9-20)18-17(21)7-3-11-22-18/h3,7,11,16,25H,2,4-6,8-10,12-15H2,1H3/t16-/m1/s1. The molecule has 3 heterocycles. The van der Waals surface area contributed by atoms with E-state index in [-0.39, 0.29) is 29.8 Å². The second kappa shape index (κ2) is 8.33. The fraction of sp³-hybridized carbons (Fsp3) is 0.700. The zero-order valence-corrected chi connectivity index (χ0v) is 15.7. The van der Waals surface area contributed by atoms with Gasteiger partial charge in [-0.15, -0.1) is 0 Å². The molecule has 2 fully saturated rings. The second-order valence-corrected chi connectivity index (χ2v) is 7.63. The third-order valence-electron chi connectivity index (χ3n) is 6.06. The summed E-state index contributed by atoms with van der Waals surface area (Å²) in [4.78, 5) is 21.4. The molecule has 1 aromatic rings. The highest BCUT2D eigenvalue weighted by molar-refractivity contribution is 5.85. The van der Waals surface area contributed by atoms with Crippen molar-refractivity contribution in [2.45, 2.75) is 57.9 Å². The van der Waals surface area contributed by atoms with Crippen molar-refractivity contribution >= 4 is 11.7 Å². The van der Waals surface area contributed by atoms with Crippen molar-refractivity contribution in [1.82, 2.24) is 9.88 Å². The van der Waals surface area contributed by atoms with Gasteiger partial charge >= 0.3 is 0 Å². The number of carbonyl (C=O) groups is 1. The van der Waals surface area contributed by atoms with Crippen LogP contribution in [-0.2, 0) is 4.79 Å². The Labute approximate surface area is 155 Å². The number of hydrogen-bond acceptors (Lipinski definition) is 4. The molecule has 2 aliphatic rings. The van der Waals surface area contributed by atoms with Gasteiger partial charge in [0.25, 0.3) is 0 Å². The van der Waals surface area contributed by atoms with Crippen LogP contribution < -0.4 is 4.90 Å². The Bertz CT molecular complexity index is 617. The maximum absolute atomic E-state index is 14.0. The fourth-order valence-electron chi connectivity index (χ4n) is 4.53. The summed E-state index contributed by atoms with van der Waals surface area (Å²) in [5.41, 5.74) is -0.285. The summed E-state index contributed by atoms with van der Waals surface area (Å²) in [5, 5.41) is 9.15. The lowest BCUT2D eigenvalue weighted by Gasteiger charge is -2.39. The number of nitrogens with zero attached hydrogens (tertiary/aromatic N) is 3. The molecule has 0 aliphatic carbocycles. The number of hydrogen-bond donors (Lipinski definition) is 1. The molecular formula is C20H30FN3O2. The summed E-state index contributed by atoms with van der Waals surface area (Å²) in [6, 6.07) is 3.28. The zero-order chi connectivity index (χ0) is 18.6. The van der Waals surface area contributed by atoms with Gasteiger partial charge in [-0.3, -0.25) is 4.79 Å². The number of anilines is 1. The summed E-state index contributed by atoms with van der Waals surface area (Å²) in [6.07, 6.45) is 7.68. The van der Waals surface area contributed by atoms with Crippen molar-refractivity contribution < 1.29 is 14.3 Å². The first-order valence-electron chi connectivity index (χ1n) is 9.88. The summed E-state index contributed by atoms with van der Waals surface area (Å²) in [6.45, 7) is 4.47. The van der Waals surface area contributed by atoms with Gasteiger partial charge in [0.1, 0.15) is 0 Å². The Balaban J connectivity index is 1.65. The Morgan fingerprint density at radius 1 is 1.27 bits per heavy atom. The first kappa shape index (κ1) is 19.1. The topological polar surface area (TPSA) is 56.7 Å². The number of pyridine rings is 1. The number of rotatable bonds is 7. The number of aliphatic hydroxyl groups excluding tert-OH is 1. The zero-order valence-electron chi connectivity index (χ0n) is 15.7. The highest BCUT2D eigenvalue weighted by Gasteiger charge is 2.49. The number of likely N-dealkylation sites (tertiary alicyclic amines) is 1. The molecule has 1 atom stereocenters. The van der Waals surface area contributed by atoms with E-state index >= 15 is 0 Å². The number of piperidine rings is 1. The number of aliphatic hydroxyl groups is 1. The molecule has 0 bridgehead atoms. The monoisotopic (exact) mass is 363 g/mol. The van der Waals surface area contributed by atoms with E-state index < -0.39 is 0 Å². The van der Waals surface area contributed by atoms with Crippen molar-refractivity contribution in [3.63, 3.8) is 0 Å². The molecule has 5 nitrogen and oxygen atoms in total. The van der Waals surface area contributed by atoms with Gasteiger partial charge in [-0.2, -0.15) is 0 Å². The van der Waals surface area contributed by atoms with Crippen LogP contribution in [0, 0.1) is 11.2 Å². The molecular weight excluding hydrogens is 333 g/mol. The van der Waals surface area contributed by atoms with Gasteiger partial charge in [0.15, 0.2) is 11.6 Å². The average Bonchev–Trinajstić information content (AvgIpc) is 2.96. The molecule has 2 saturated heterocycles. The summed E-state index contributed by atoms with van der Waals surface area (Å²) < 4.78 is 14.0. The number of aromatic nitrogens is 1. The highest BCUT2D eigenvalue weighted by Crippen LogP contribution is 2.43. The van der Waals surface area contributed by atoms with E-state index in [2.05, 4.69) is 16.8 Å². The fourth-order valence-corrected chi connectivity index (χ4v) is 4.53. The lowest BCUT2D eigenvalue weighted by atomic mass is 9.77. The second-order valence-electron chi connectivity index (χ2n) is 7.63. The molecule has 1 amide bonds. The van der Waals surface area contributed by atoms with Gasteiger partial charge in [0, 0.05) is 38.5 Å². The normalized spacial score (nSPS) is 20.8. The van der Waals surface area contributed by atoms with Crippen LogP contribution in [0.1, 0.15) is 51.9 Å². The molecule has 0 radical (unpaired) electrons. The maximum atomic E-state index is 14.0. The van der Waals surface area contributed by atoms with Crippen LogP contribution in [-0.4, -0.2) is 53.2 Å². The van der Waals surface area contributed by atoms with Crippen LogP contribution in [0.4, 0.5) is 10.2 Å². The molecule has 26 heavy (non-hydrogen) atoms. The molecule has 1 N–H and O–H groups in total. The van der Waals surface area contributed by atoms with E-state index in [0.29, 0.717) is 18.9 Å². The molecule has 2 aliphatic heterocycles. The van der Waals surface area contributed by atoms with Crippen LogP contribution in [0.3, 0.4) is 0 Å². The molecule has 0 saturated carbocycles. The van der Waals surface area contributed by atoms with Crippen molar-refractivity contribution in [1.29, 1.82) is 0 Å². The van der Waals surface area contributed by atoms with E-state index in [1.165, 1.54) is 6.07 Å². The smallest absolute Gasteiger partial charge is 0.229 e. The first-order chi connectivity index (χ1) is 12.6. The molecule has 6 heteroatoms. The van der Waals surface area contributed by atoms with Crippen LogP contribution >= 0.6 is 0 Å². The van der Waals surface area contributed by atoms with Gasteiger partial charge < -0.3 is 14.9 Å². The van der Waals surface area contributed by atoms with Crippen LogP contribution in [0.5, 0.6) is 0 Å². The van der Waals surface area contributed by atoms with E-state index in [4.69, 9.17) is 5.11 Å². The van der Waals surface area contributed by atoms with Crippen LogP contribution in [0.15, 0.2) is 18.3 Å². The molecule has 1 spiro atoms. The molecule has 144 valence electrons. The Morgan fingerprint density at radius 3 is 2.65 bits per heavy atom. The molecule has 0 aromatic carbocycles. The molecule has 3 rings (SSSR count). The predicted octanol–water partition coefficient (Wildman–Crippen LogP) is 2.98. The van der Waals surface area contributed by atoms with E-state index in [9.17, 15) is 9.18 Å². The lowest BCUT2D eigenvalue weighted by Crippen LogP contribution is -2.47. The van der Waals surface area contributed by atoms with Crippen molar-refractivity contribution in [3.05, 3.63) is 24.1 Å².